The Morgan fingerprint density at radius 3 is 2.13 bits per heavy atom. The molecule has 0 spiro atoms. The Hall–Kier alpha value is -4.79. The van der Waals surface area contributed by atoms with E-state index in [4.69, 9.17) is 0 Å². The van der Waals surface area contributed by atoms with Gasteiger partial charge in [-0.1, -0.05) is 61.5 Å². The van der Waals surface area contributed by atoms with Gasteiger partial charge in [-0.15, -0.1) is 0 Å². The number of amides is 1. The Morgan fingerprint density at radius 2 is 1.53 bits per heavy atom. The minimum atomic E-state index is -0.507. The minimum Gasteiger partial charge on any atom is -0.505 e. The van der Waals surface area contributed by atoms with E-state index >= 15 is 0 Å². The SMILES string of the molecule is CC[C@@H](Nc1c(Nc2cccc(C(=O)N(C)C)c2O)c(=O)n(-c2ccccc2)n(C)c1=O)c1ccccc1. The van der Waals surface area contributed by atoms with Crippen LogP contribution in [0.5, 0.6) is 5.75 Å². The predicted octanol–water partition coefficient (Wildman–Crippen LogP) is 4.25. The number of phenols is 1. The van der Waals surface area contributed by atoms with Crippen LogP contribution in [0.1, 0.15) is 35.3 Å². The average molecular weight is 514 g/mol. The van der Waals surface area contributed by atoms with Crippen LogP contribution in [0.15, 0.2) is 88.5 Å². The third kappa shape index (κ3) is 5.04. The smallest absolute Gasteiger partial charge is 0.295 e. The van der Waals surface area contributed by atoms with Gasteiger partial charge in [-0.2, -0.15) is 0 Å². The largest absolute Gasteiger partial charge is 0.505 e. The molecule has 0 bridgehead atoms. The van der Waals surface area contributed by atoms with E-state index in [1.807, 2.05) is 43.3 Å². The number of para-hydroxylation sites is 2. The van der Waals surface area contributed by atoms with Crippen molar-refractivity contribution < 1.29 is 9.90 Å². The molecule has 0 radical (unpaired) electrons. The first-order valence-corrected chi connectivity index (χ1v) is 12.3. The van der Waals surface area contributed by atoms with E-state index in [0.29, 0.717) is 12.1 Å². The van der Waals surface area contributed by atoms with E-state index in [1.165, 1.54) is 27.4 Å². The van der Waals surface area contributed by atoms with Gasteiger partial charge in [0.15, 0.2) is 5.75 Å². The summed E-state index contributed by atoms with van der Waals surface area (Å²) in [7, 11) is 4.69. The normalized spacial score (nSPS) is 11.6. The molecule has 9 nitrogen and oxygen atoms in total. The highest BCUT2D eigenvalue weighted by atomic mass is 16.3. The van der Waals surface area contributed by atoms with Crippen molar-refractivity contribution >= 4 is 23.0 Å². The van der Waals surface area contributed by atoms with Crippen LogP contribution < -0.4 is 21.8 Å². The van der Waals surface area contributed by atoms with Gasteiger partial charge in [-0.25, -0.2) is 9.36 Å². The van der Waals surface area contributed by atoms with Gasteiger partial charge >= 0.3 is 0 Å². The first-order valence-electron chi connectivity index (χ1n) is 12.3. The van der Waals surface area contributed by atoms with Crippen molar-refractivity contribution in [3.63, 3.8) is 0 Å². The number of hydrogen-bond donors (Lipinski definition) is 3. The number of carbonyl (C=O) groups is 1. The van der Waals surface area contributed by atoms with Crippen molar-refractivity contribution in [2.45, 2.75) is 19.4 Å². The molecule has 0 aliphatic carbocycles. The topological polar surface area (TPSA) is 109 Å². The summed E-state index contributed by atoms with van der Waals surface area (Å²) in [4.78, 5) is 41.6. The van der Waals surface area contributed by atoms with Crippen molar-refractivity contribution in [3.8, 4) is 11.4 Å². The van der Waals surface area contributed by atoms with Crippen LogP contribution in [-0.2, 0) is 7.05 Å². The average Bonchev–Trinajstić information content (AvgIpc) is 2.93. The number of carbonyl (C=O) groups excluding carboxylic acids is 1. The second kappa shape index (κ2) is 11.1. The molecule has 0 unspecified atom stereocenters. The predicted molar refractivity (Wildman–Crippen MR) is 150 cm³/mol. The molecule has 3 N–H and O–H groups in total. The summed E-state index contributed by atoms with van der Waals surface area (Å²) in [6, 6.07) is 22.8. The number of aromatic hydroxyl groups is 1. The van der Waals surface area contributed by atoms with Crippen LogP contribution in [0.3, 0.4) is 0 Å². The Bertz CT molecular complexity index is 1560. The Labute approximate surface area is 220 Å². The third-order valence-electron chi connectivity index (χ3n) is 6.33. The summed E-state index contributed by atoms with van der Waals surface area (Å²) < 4.78 is 2.53. The molecule has 38 heavy (non-hydrogen) atoms. The van der Waals surface area contributed by atoms with Crippen LogP contribution in [0, 0.1) is 0 Å². The summed E-state index contributed by atoms with van der Waals surface area (Å²) >= 11 is 0. The van der Waals surface area contributed by atoms with Crippen LogP contribution in [0.2, 0.25) is 0 Å². The van der Waals surface area contributed by atoms with Crippen LogP contribution in [-0.4, -0.2) is 39.4 Å². The molecule has 1 heterocycles. The summed E-state index contributed by atoms with van der Waals surface area (Å²) in [6.07, 6.45) is 0.645. The minimum absolute atomic E-state index is 0.0453. The van der Waals surface area contributed by atoms with Crippen molar-refractivity contribution in [1.29, 1.82) is 0 Å². The lowest BCUT2D eigenvalue weighted by atomic mass is 10.0. The van der Waals surface area contributed by atoms with Crippen LogP contribution in [0.4, 0.5) is 17.1 Å². The summed E-state index contributed by atoms with van der Waals surface area (Å²) in [5.41, 5.74) is 0.716. The molecule has 3 aromatic carbocycles. The van der Waals surface area contributed by atoms with E-state index in [0.717, 1.165) is 5.56 Å². The van der Waals surface area contributed by atoms with E-state index in [2.05, 4.69) is 10.6 Å². The molecule has 4 rings (SSSR count). The molecular weight excluding hydrogens is 482 g/mol. The maximum atomic E-state index is 14.0. The van der Waals surface area contributed by atoms with Gasteiger partial charge in [0.2, 0.25) is 0 Å². The maximum absolute atomic E-state index is 14.0. The zero-order valence-corrected chi connectivity index (χ0v) is 21.8. The van der Waals surface area contributed by atoms with Crippen molar-refractivity contribution in [2.75, 3.05) is 24.7 Å². The molecule has 1 amide bonds. The molecule has 0 saturated carbocycles. The Balaban J connectivity index is 1.93. The van der Waals surface area contributed by atoms with Crippen LogP contribution in [0.25, 0.3) is 5.69 Å². The van der Waals surface area contributed by atoms with Crippen LogP contribution >= 0.6 is 0 Å². The quantitative estimate of drug-likeness (QED) is 0.304. The number of benzene rings is 3. The van der Waals surface area contributed by atoms with E-state index in [1.54, 1.807) is 50.5 Å². The van der Waals surface area contributed by atoms with Crippen molar-refractivity contribution in [2.24, 2.45) is 7.05 Å². The highest BCUT2D eigenvalue weighted by molar-refractivity contribution is 5.98. The summed E-state index contributed by atoms with van der Waals surface area (Å²) in [5.74, 6) is -0.719. The molecule has 0 aliphatic heterocycles. The lowest BCUT2D eigenvalue weighted by Gasteiger charge is -2.23. The molecule has 1 aromatic heterocycles. The molecular formula is C29H31N5O4. The number of aromatic nitrogens is 2. The number of nitrogens with one attached hydrogen (secondary N) is 2. The summed E-state index contributed by atoms with van der Waals surface area (Å²) in [6.45, 7) is 1.98. The maximum Gasteiger partial charge on any atom is 0.295 e. The molecule has 4 aromatic rings. The third-order valence-corrected chi connectivity index (χ3v) is 6.33. The Kier molecular flexibility index (Phi) is 7.66. The lowest BCUT2D eigenvalue weighted by Crippen LogP contribution is -2.39. The number of phenolic OH excluding ortho intramolecular Hbond substituents is 1. The fraction of sp³-hybridized carbons (Fsp3) is 0.207. The summed E-state index contributed by atoms with van der Waals surface area (Å²) in [5, 5.41) is 17.2. The van der Waals surface area contributed by atoms with Gasteiger partial charge < -0.3 is 20.6 Å². The Morgan fingerprint density at radius 1 is 0.895 bits per heavy atom. The van der Waals surface area contributed by atoms with Gasteiger partial charge in [0.1, 0.15) is 11.4 Å². The molecule has 0 aliphatic rings. The highest BCUT2D eigenvalue weighted by Gasteiger charge is 2.24. The fourth-order valence-corrected chi connectivity index (χ4v) is 4.29. The van der Waals surface area contributed by atoms with Gasteiger partial charge in [0.05, 0.1) is 23.0 Å². The zero-order valence-electron chi connectivity index (χ0n) is 21.8. The number of rotatable bonds is 8. The zero-order chi connectivity index (χ0) is 27.4. The number of anilines is 3. The number of nitrogens with zero attached hydrogens (tertiary/aromatic N) is 3. The van der Waals surface area contributed by atoms with E-state index < -0.39 is 17.0 Å². The second-order valence-corrected chi connectivity index (χ2v) is 9.07. The molecule has 0 fully saturated rings. The van der Waals surface area contributed by atoms with Gasteiger partial charge in [-0.05, 0) is 36.2 Å². The fourth-order valence-electron chi connectivity index (χ4n) is 4.29. The van der Waals surface area contributed by atoms with E-state index in [9.17, 15) is 19.5 Å². The van der Waals surface area contributed by atoms with Crippen molar-refractivity contribution in [1.82, 2.24) is 14.3 Å². The number of hydrogen-bond acceptors (Lipinski definition) is 6. The van der Waals surface area contributed by atoms with Gasteiger partial charge in [0, 0.05) is 21.1 Å². The molecule has 0 saturated heterocycles. The molecule has 9 heteroatoms. The lowest BCUT2D eigenvalue weighted by molar-refractivity contribution is 0.0824. The highest BCUT2D eigenvalue weighted by Crippen LogP contribution is 2.32. The second-order valence-electron chi connectivity index (χ2n) is 9.07. The standard InChI is InChI=1S/C29H31N5O4/c1-5-22(19-13-8-6-9-14-19)30-24-25(31-23-18-12-17-21(26(23)35)27(36)32(2)3)29(38)34(33(4)28(24)37)20-15-10-7-11-16-20/h6-18,22,30-31,35H,5H2,1-4H3/t22-/m1/s1. The van der Waals surface area contributed by atoms with Crippen molar-refractivity contribution in [3.05, 3.63) is 111 Å². The first-order chi connectivity index (χ1) is 18.2. The molecule has 1 atom stereocenters. The molecule has 196 valence electrons. The monoisotopic (exact) mass is 513 g/mol. The van der Waals surface area contributed by atoms with Gasteiger partial charge in [0.25, 0.3) is 17.0 Å². The first kappa shape index (κ1) is 26.3. The van der Waals surface area contributed by atoms with Gasteiger partial charge in [-0.3, -0.25) is 14.4 Å². The van der Waals surface area contributed by atoms with E-state index in [-0.39, 0.29) is 34.4 Å².